The summed E-state index contributed by atoms with van der Waals surface area (Å²) in [6, 6.07) is 0. The summed E-state index contributed by atoms with van der Waals surface area (Å²) in [6.45, 7) is 0.0973. The van der Waals surface area contributed by atoms with Gasteiger partial charge in [-0.3, -0.25) is 0 Å². The van der Waals surface area contributed by atoms with Gasteiger partial charge in [-0.15, -0.1) is 69.6 Å². The van der Waals surface area contributed by atoms with Crippen molar-refractivity contribution in [1.82, 2.24) is 0 Å². The van der Waals surface area contributed by atoms with E-state index < -0.39 is 82.1 Å². The van der Waals surface area contributed by atoms with Crippen molar-refractivity contribution in [1.29, 1.82) is 0 Å². The third-order valence-electron chi connectivity index (χ3n) is 5.01. The highest BCUT2D eigenvalue weighted by Gasteiger charge is 2.47. The van der Waals surface area contributed by atoms with Gasteiger partial charge in [0.1, 0.15) is 6.61 Å². The molecule has 0 aromatic rings. The number of carbonyl (C=O) groups is 1. The molecule has 0 aromatic heterocycles. The van der Waals surface area contributed by atoms with Crippen LogP contribution in [0.15, 0.2) is 12.7 Å². The zero-order valence-corrected chi connectivity index (χ0v) is 22.2. The largest absolute Gasteiger partial charge is 0.462 e. The SMILES string of the molecule is C=CC(=O)OCC(CO)(CO)COCC(CO)(CO)CO.ClC1C(Cl)C(Cl)C(Cl)C(Cl)C1Cl. The topological polar surface area (TPSA) is 137 Å². The number of halogens is 6. The van der Waals surface area contributed by atoms with E-state index in [-0.39, 0.29) is 19.8 Å². The van der Waals surface area contributed by atoms with Crippen LogP contribution in [-0.2, 0) is 14.3 Å². The molecule has 1 rings (SSSR count). The molecular formula is C19H30Cl6O8. The third kappa shape index (κ3) is 9.94. The highest BCUT2D eigenvalue weighted by Crippen LogP contribution is 2.39. The van der Waals surface area contributed by atoms with Gasteiger partial charge in [0.05, 0.1) is 89.3 Å². The van der Waals surface area contributed by atoms with Crippen LogP contribution in [-0.4, -0.2) is 117 Å². The van der Waals surface area contributed by atoms with Crippen molar-refractivity contribution in [2.24, 2.45) is 10.8 Å². The van der Waals surface area contributed by atoms with Crippen molar-refractivity contribution >= 4 is 75.6 Å². The summed E-state index contributed by atoms with van der Waals surface area (Å²) < 4.78 is 10.1. The molecule has 0 bridgehead atoms. The Kier molecular flexibility index (Phi) is 16.8. The van der Waals surface area contributed by atoms with Crippen LogP contribution >= 0.6 is 69.6 Å². The number of ether oxygens (including phenoxy) is 2. The maximum atomic E-state index is 11.0. The molecule has 5 N–H and O–H groups in total. The summed E-state index contributed by atoms with van der Waals surface area (Å²) >= 11 is 35.3. The molecule has 1 fully saturated rings. The smallest absolute Gasteiger partial charge is 0.330 e. The molecule has 0 spiro atoms. The summed E-state index contributed by atoms with van der Waals surface area (Å²) in [5.74, 6) is -0.698. The summed E-state index contributed by atoms with van der Waals surface area (Å²) in [4.78, 5) is 11.0. The Hall–Kier alpha value is 0.710. The highest BCUT2D eigenvalue weighted by molar-refractivity contribution is 6.45. The molecule has 1 aliphatic rings. The Morgan fingerprint density at radius 2 is 0.970 bits per heavy atom. The fraction of sp³-hybridized carbons (Fsp3) is 0.842. The van der Waals surface area contributed by atoms with E-state index in [0.29, 0.717) is 0 Å². The number of aliphatic hydroxyl groups is 5. The van der Waals surface area contributed by atoms with Gasteiger partial charge in [0.15, 0.2) is 0 Å². The lowest BCUT2D eigenvalue weighted by atomic mass is 9.90. The minimum atomic E-state index is -1.22. The molecule has 1 saturated carbocycles. The quantitative estimate of drug-likeness (QED) is 0.129. The van der Waals surface area contributed by atoms with Crippen molar-refractivity contribution < 1.29 is 39.8 Å². The van der Waals surface area contributed by atoms with Crippen LogP contribution in [0.4, 0.5) is 0 Å². The molecule has 0 heterocycles. The first-order chi connectivity index (χ1) is 15.4. The highest BCUT2D eigenvalue weighted by atomic mass is 35.5. The van der Waals surface area contributed by atoms with Crippen LogP contribution in [0.1, 0.15) is 0 Å². The van der Waals surface area contributed by atoms with E-state index in [1.165, 1.54) is 0 Å². The van der Waals surface area contributed by atoms with Gasteiger partial charge in [-0.2, -0.15) is 0 Å². The number of carbonyl (C=O) groups excluding carboxylic acids is 1. The molecule has 14 heteroatoms. The summed E-state index contributed by atoms with van der Waals surface area (Å²) in [7, 11) is 0. The van der Waals surface area contributed by atoms with Crippen LogP contribution in [0, 0.1) is 10.8 Å². The zero-order valence-electron chi connectivity index (χ0n) is 17.6. The predicted molar refractivity (Wildman–Crippen MR) is 130 cm³/mol. The molecule has 1 aliphatic carbocycles. The van der Waals surface area contributed by atoms with Gasteiger partial charge in [0.2, 0.25) is 0 Å². The van der Waals surface area contributed by atoms with Gasteiger partial charge in [0, 0.05) is 6.08 Å². The molecule has 33 heavy (non-hydrogen) atoms. The second-order valence-electron chi connectivity index (χ2n) is 7.76. The van der Waals surface area contributed by atoms with Crippen LogP contribution in [0.25, 0.3) is 0 Å². The summed E-state index contributed by atoms with van der Waals surface area (Å²) in [6.07, 6.45) is 0.953. The second kappa shape index (κ2) is 16.5. The minimum absolute atomic E-state index is 0.187. The van der Waals surface area contributed by atoms with Crippen molar-refractivity contribution in [3.8, 4) is 0 Å². The van der Waals surface area contributed by atoms with Crippen LogP contribution in [0.5, 0.6) is 0 Å². The van der Waals surface area contributed by atoms with Gasteiger partial charge in [-0.1, -0.05) is 6.58 Å². The first-order valence-electron chi connectivity index (χ1n) is 9.69. The van der Waals surface area contributed by atoms with Gasteiger partial charge in [0.25, 0.3) is 0 Å². The Morgan fingerprint density at radius 3 is 1.24 bits per heavy atom. The van der Waals surface area contributed by atoms with Gasteiger partial charge >= 0.3 is 5.97 Å². The van der Waals surface area contributed by atoms with Gasteiger partial charge in [-0.25, -0.2) is 4.79 Å². The molecular weight excluding hydrogens is 569 g/mol. The summed E-state index contributed by atoms with van der Waals surface area (Å²) in [5, 5.41) is 43.5. The average Bonchev–Trinajstić information content (AvgIpc) is 2.85. The Labute approximate surface area is 223 Å². The van der Waals surface area contributed by atoms with Crippen LogP contribution in [0.3, 0.4) is 0 Å². The fourth-order valence-corrected chi connectivity index (χ4v) is 4.71. The lowest BCUT2D eigenvalue weighted by Crippen LogP contribution is -2.52. The maximum Gasteiger partial charge on any atom is 0.330 e. The monoisotopic (exact) mass is 596 g/mol. The molecule has 0 unspecified atom stereocenters. The molecule has 196 valence electrons. The Bertz CT molecular complexity index is 512. The number of rotatable bonds is 12. The molecule has 8 nitrogen and oxygen atoms in total. The van der Waals surface area contributed by atoms with E-state index in [9.17, 15) is 15.0 Å². The van der Waals surface area contributed by atoms with Gasteiger partial charge < -0.3 is 35.0 Å². The van der Waals surface area contributed by atoms with E-state index >= 15 is 0 Å². The number of hydrogen-bond acceptors (Lipinski definition) is 8. The standard InChI is InChI=1S/C13H24O8.C6H6Cl6/c1-2-11(19)21-10-13(6-17,7-18)9-20-8-12(3-14,4-15)5-16;7-1-2(8)4(10)6(12)5(11)3(1)9/h2,14-18H,1,3-10H2;1-6H. The Morgan fingerprint density at radius 1 is 0.667 bits per heavy atom. The lowest BCUT2D eigenvalue weighted by molar-refractivity contribution is -0.149. The van der Waals surface area contributed by atoms with E-state index in [4.69, 9.17) is 94.4 Å². The first kappa shape index (κ1) is 33.7. The predicted octanol–water partition coefficient (Wildman–Crippen LogP) is 1.31. The summed E-state index contributed by atoms with van der Waals surface area (Å²) in [5.41, 5.74) is -2.43. The molecule has 0 aromatic carbocycles. The van der Waals surface area contributed by atoms with E-state index in [0.717, 1.165) is 6.08 Å². The van der Waals surface area contributed by atoms with Crippen molar-refractivity contribution in [3.63, 3.8) is 0 Å². The van der Waals surface area contributed by atoms with Crippen LogP contribution in [0.2, 0.25) is 0 Å². The van der Waals surface area contributed by atoms with E-state index in [1.54, 1.807) is 0 Å². The maximum absolute atomic E-state index is 11.0. The molecule has 0 amide bonds. The molecule has 0 saturated heterocycles. The first-order valence-corrected chi connectivity index (χ1v) is 12.3. The van der Waals surface area contributed by atoms with Crippen molar-refractivity contribution in [3.05, 3.63) is 12.7 Å². The van der Waals surface area contributed by atoms with Crippen molar-refractivity contribution in [2.75, 3.05) is 52.9 Å². The second-order valence-corrected chi connectivity index (χ2v) is 10.8. The lowest BCUT2D eigenvalue weighted by Gasteiger charge is -2.37. The zero-order chi connectivity index (χ0) is 25.8. The number of alkyl halides is 6. The normalized spacial score (nSPS) is 28.0. The molecule has 0 aliphatic heterocycles. The average molecular weight is 599 g/mol. The number of hydrogen-bond donors (Lipinski definition) is 5. The number of esters is 1. The fourth-order valence-electron chi connectivity index (χ4n) is 2.38. The third-order valence-corrected chi connectivity index (χ3v) is 9.04. The van der Waals surface area contributed by atoms with Crippen molar-refractivity contribution in [2.45, 2.75) is 32.3 Å². The molecule has 0 atom stereocenters. The number of aliphatic hydroxyl groups excluding tert-OH is 5. The van der Waals surface area contributed by atoms with Gasteiger partial charge in [-0.05, 0) is 0 Å². The minimum Gasteiger partial charge on any atom is -0.462 e. The van der Waals surface area contributed by atoms with E-state index in [1.807, 2.05) is 0 Å². The Balaban J connectivity index is 0.000000716. The van der Waals surface area contributed by atoms with E-state index in [2.05, 4.69) is 6.58 Å². The van der Waals surface area contributed by atoms with Crippen LogP contribution < -0.4 is 0 Å². The molecule has 0 radical (unpaired) electrons.